The Morgan fingerprint density at radius 2 is 1.68 bits per heavy atom. The van der Waals surface area contributed by atoms with Gasteiger partial charge in [0, 0.05) is 30.5 Å². The van der Waals surface area contributed by atoms with Gasteiger partial charge in [0.1, 0.15) is 6.04 Å². The summed E-state index contributed by atoms with van der Waals surface area (Å²) < 4.78 is 11.1. The minimum Gasteiger partial charge on any atom is -0.459 e. The van der Waals surface area contributed by atoms with Crippen molar-refractivity contribution >= 4 is 23.2 Å². The number of amides is 2. The molecule has 2 aromatic carbocycles. The summed E-state index contributed by atoms with van der Waals surface area (Å²) in [7, 11) is 0. The van der Waals surface area contributed by atoms with Crippen LogP contribution in [0.4, 0.5) is 11.4 Å². The number of hydrogen-bond acceptors (Lipinski definition) is 5. The van der Waals surface area contributed by atoms with Crippen molar-refractivity contribution in [3.8, 4) is 0 Å². The van der Waals surface area contributed by atoms with Gasteiger partial charge in [0.2, 0.25) is 5.91 Å². The average Bonchev–Trinajstić information content (AvgIpc) is 3.75. The smallest absolute Gasteiger partial charge is 0.294 e. The molecule has 1 aromatic heterocycles. The van der Waals surface area contributed by atoms with Crippen molar-refractivity contribution in [3.63, 3.8) is 0 Å². The average molecular weight is 514 g/mol. The molecule has 3 aromatic rings. The van der Waals surface area contributed by atoms with Gasteiger partial charge in [-0.15, -0.1) is 0 Å². The van der Waals surface area contributed by atoms with Gasteiger partial charge in [0.15, 0.2) is 5.76 Å². The van der Waals surface area contributed by atoms with Crippen molar-refractivity contribution in [2.45, 2.75) is 57.0 Å². The Hall–Kier alpha value is -3.58. The number of morpholine rings is 1. The summed E-state index contributed by atoms with van der Waals surface area (Å²) in [6.07, 6.45) is 8.82. The summed E-state index contributed by atoms with van der Waals surface area (Å²) >= 11 is 0. The summed E-state index contributed by atoms with van der Waals surface area (Å²) in [5, 5.41) is 3.27. The first-order valence-electron chi connectivity index (χ1n) is 13.9. The fourth-order valence-electron chi connectivity index (χ4n) is 6.07. The van der Waals surface area contributed by atoms with Gasteiger partial charge < -0.3 is 19.4 Å². The van der Waals surface area contributed by atoms with Gasteiger partial charge in [-0.1, -0.05) is 31.0 Å². The molecule has 7 heteroatoms. The number of furan rings is 1. The van der Waals surface area contributed by atoms with E-state index in [4.69, 9.17) is 9.15 Å². The number of carbonyl (C=O) groups is 2. The number of nitrogens with one attached hydrogen (secondary N) is 1. The summed E-state index contributed by atoms with van der Waals surface area (Å²) in [6.45, 7) is 3.09. The van der Waals surface area contributed by atoms with E-state index in [-0.39, 0.29) is 23.6 Å². The molecule has 6 rings (SSSR count). The number of rotatable bonds is 7. The van der Waals surface area contributed by atoms with E-state index in [2.05, 4.69) is 34.5 Å². The van der Waals surface area contributed by atoms with Crippen LogP contribution in [0.25, 0.3) is 0 Å². The monoisotopic (exact) mass is 513 g/mol. The predicted octanol–water partition coefficient (Wildman–Crippen LogP) is 5.05. The fourth-order valence-corrected chi connectivity index (χ4v) is 6.07. The Bertz CT molecular complexity index is 1260. The van der Waals surface area contributed by atoms with Crippen molar-refractivity contribution in [2.24, 2.45) is 0 Å². The zero-order valence-electron chi connectivity index (χ0n) is 21.7. The van der Waals surface area contributed by atoms with Crippen LogP contribution < -0.4 is 15.1 Å². The Morgan fingerprint density at radius 3 is 2.42 bits per heavy atom. The van der Waals surface area contributed by atoms with Crippen LogP contribution in [0, 0.1) is 0 Å². The van der Waals surface area contributed by atoms with Crippen LogP contribution in [0.1, 0.15) is 65.4 Å². The first-order chi connectivity index (χ1) is 18.7. The molecular weight excluding hydrogens is 478 g/mol. The molecule has 0 unspecified atom stereocenters. The van der Waals surface area contributed by atoms with Crippen LogP contribution >= 0.6 is 0 Å². The molecule has 198 valence electrons. The summed E-state index contributed by atoms with van der Waals surface area (Å²) in [4.78, 5) is 32.0. The van der Waals surface area contributed by atoms with E-state index >= 15 is 0 Å². The second-order valence-corrected chi connectivity index (χ2v) is 10.5. The van der Waals surface area contributed by atoms with Crippen LogP contribution in [0.15, 0.2) is 65.3 Å². The molecule has 1 aliphatic heterocycles. The molecule has 2 heterocycles. The van der Waals surface area contributed by atoms with Crippen molar-refractivity contribution < 1.29 is 18.7 Å². The van der Waals surface area contributed by atoms with Crippen molar-refractivity contribution in [3.05, 3.63) is 83.3 Å². The summed E-state index contributed by atoms with van der Waals surface area (Å²) in [6, 6.07) is 16.9. The first-order valence-corrected chi connectivity index (χ1v) is 13.9. The van der Waals surface area contributed by atoms with E-state index in [0.717, 1.165) is 75.0 Å². The lowest BCUT2D eigenvalue weighted by Gasteiger charge is -2.33. The second-order valence-electron chi connectivity index (χ2n) is 10.5. The number of benzene rings is 2. The fraction of sp³-hybridized carbons (Fsp3) is 0.419. The molecule has 0 spiro atoms. The largest absolute Gasteiger partial charge is 0.459 e. The molecule has 2 amide bonds. The van der Waals surface area contributed by atoms with Crippen LogP contribution in [0.5, 0.6) is 0 Å². The lowest BCUT2D eigenvalue weighted by atomic mass is 10.00. The normalized spacial score (nSPS) is 18.3. The van der Waals surface area contributed by atoms with E-state index < -0.39 is 6.04 Å². The highest BCUT2D eigenvalue weighted by Crippen LogP contribution is 2.35. The van der Waals surface area contributed by atoms with Crippen molar-refractivity contribution in [2.75, 3.05) is 36.1 Å². The summed E-state index contributed by atoms with van der Waals surface area (Å²) in [5.74, 6) is -0.262. The molecule has 38 heavy (non-hydrogen) atoms. The molecule has 3 aliphatic rings. The maximum atomic E-state index is 14.0. The van der Waals surface area contributed by atoms with Gasteiger partial charge in [-0.25, -0.2) is 0 Å². The second kappa shape index (κ2) is 11.0. The minimum atomic E-state index is -0.827. The van der Waals surface area contributed by atoms with Crippen molar-refractivity contribution in [1.82, 2.24) is 5.32 Å². The zero-order chi connectivity index (χ0) is 25.9. The molecule has 7 nitrogen and oxygen atoms in total. The molecule has 1 saturated carbocycles. The van der Waals surface area contributed by atoms with Crippen molar-refractivity contribution in [1.29, 1.82) is 0 Å². The van der Waals surface area contributed by atoms with E-state index in [0.29, 0.717) is 13.2 Å². The van der Waals surface area contributed by atoms with E-state index in [1.54, 1.807) is 17.0 Å². The van der Waals surface area contributed by atoms with Gasteiger partial charge in [-0.3, -0.25) is 14.5 Å². The Morgan fingerprint density at radius 1 is 0.921 bits per heavy atom. The van der Waals surface area contributed by atoms with Crippen LogP contribution in [0.3, 0.4) is 0 Å². The number of fused-ring (bicyclic) bond motifs is 1. The van der Waals surface area contributed by atoms with Gasteiger partial charge in [-0.2, -0.15) is 0 Å². The molecule has 1 N–H and O–H groups in total. The third-order valence-corrected chi connectivity index (χ3v) is 8.10. The maximum Gasteiger partial charge on any atom is 0.294 e. The maximum absolute atomic E-state index is 14.0. The lowest BCUT2D eigenvalue weighted by molar-refractivity contribution is -0.123. The minimum absolute atomic E-state index is 0.137. The Kier molecular flexibility index (Phi) is 7.18. The highest BCUT2D eigenvalue weighted by molar-refractivity contribution is 6.08. The quantitative estimate of drug-likeness (QED) is 0.479. The first kappa shape index (κ1) is 24.7. The number of ether oxygens (including phenoxy) is 1. The van der Waals surface area contributed by atoms with E-state index in [1.807, 2.05) is 18.2 Å². The standard InChI is InChI=1S/C31H35N3O4/c35-30(32-25-7-1-2-8-25)29(23-11-13-26(14-12-23)33-16-19-37-20-17-33)34(31(36)28-9-4-18-38-28)27-15-10-22-5-3-6-24(22)21-27/h4,9-15,18,21,25,29H,1-3,5-8,16-17,19-20H2,(H,32,35)/t29-/m0/s1. The molecule has 1 atom stereocenters. The molecule has 0 bridgehead atoms. The van der Waals surface area contributed by atoms with Gasteiger partial charge in [0.25, 0.3) is 5.91 Å². The molecule has 0 radical (unpaired) electrons. The van der Waals surface area contributed by atoms with Crippen LogP contribution in [-0.4, -0.2) is 44.2 Å². The number of aryl methyl sites for hydroxylation is 2. The SMILES string of the molecule is O=C(NC1CCCC1)[C@H](c1ccc(N2CCOCC2)cc1)N(C(=O)c1ccco1)c1ccc2c(c1)CCC2. The molecule has 2 aliphatic carbocycles. The number of anilines is 2. The lowest BCUT2D eigenvalue weighted by Crippen LogP contribution is -2.46. The third-order valence-electron chi connectivity index (χ3n) is 8.10. The van der Waals surface area contributed by atoms with Gasteiger partial charge >= 0.3 is 0 Å². The van der Waals surface area contributed by atoms with Gasteiger partial charge in [-0.05, 0) is 85.2 Å². The molecule has 2 fully saturated rings. The highest BCUT2D eigenvalue weighted by atomic mass is 16.5. The van der Waals surface area contributed by atoms with Gasteiger partial charge in [0.05, 0.1) is 19.5 Å². The van der Waals surface area contributed by atoms with E-state index in [9.17, 15) is 9.59 Å². The predicted molar refractivity (Wildman–Crippen MR) is 147 cm³/mol. The Balaban J connectivity index is 1.41. The van der Waals surface area contributed by atoms with E-state index in [1.165, 1.54) is 17.4 Å². The highest BCUT2D eigenvalue weighted by Gasteiger charge is 2.36. The molecular formula is C31H35N3O4. The topological polar surface area (TPSA) is 75.0 Å². The number of carbonyl (C=O) groups excluding carboxylic acids is 2. The molecule has 1 saturated heterocycles. The number of nitrogens with zero attached hydrogens (tertiary/aromatic N) is 2. The Labute approximate surface area is 223 Å². The number of hydrogen-bond donors (Lipinski definition) is 1. The zero-order valence-corrected chi connectivity index (χ0v) is 21.7. The summed E-state index contributed by atoms with van der Waals surface area (Å²) in [5.41, 5.74) is 5.15. The van der Waals surface area contributed by atoms with Crippen LogP contribution in [-0.2, 0) is 22.4 Å². The third kappa shape index (κ3) is 5.07. The van der Waals surface area contributed by atoms with Crippen LogP contribution in [0.2, 0.25) is 0 Å².